The largest absolute Gasteiger partial charge is 0.456 e. The molecular formula is C16H19NO2. The maximum atomic E-state index is 12.2. The second-order valence-electron chi connectivity index (χ2n) is 5.62. The molecule has 0 unspecified atom stereocenters. The van der Waals surface area contributed by atoms with Crippen LogP contribution >= 0.6 is 0 Å². The number of carbonyl (C=O) groups is 1. The van der Waals surface area contributed by atoms with Gasteiger partial charge < -0.3 is 9.30 Å². The van der Waals surface area contributed by atoms with Crippen molar-refractivity contribution in [1.29, 1.82) is 0 Å². The molecule has 3 nitrogen and oxygen atoms in total. The smallest absolute Gasteiger partial charge is 0.340 e. The number of hydrogen-bond donors (Lipinski definition) is 0. The Hall–Kier alpha value is -2.03. The van der Waals surface area contributed by atoms with Crippen LogP contribution in [0.5, 0.6) is 0 Å². The van der Waals surface area contributed by atoms with Gasteiger partial charge in [-0.15, -0.1) is 0 Å². The average molecular weight is 257 g/mol. The average Bonchev–Trinajstić information content (AvgIpc) is 2.70. The Morgan fingerprint density at radius 3 is 2.32 bits per heavy atom. The van der Waals surface area contributed by atoms with Crippen LogP contribution in [-0.2, 0) is 11.8 Å². The lowest BCUT2D eigenvalue weighted by atomic mass is 10.0. The van der Waals surface area contributed by atoms with E-state index in [1.807, 2.05) is 68.9 Å². The van der Waals surface area contributed by atoms with Crippen LogP contribution in [0.1, 0.15) is 31.1 Å². The molecule has 2 aromatic rings. The normalized spacial score (nSPS) is 11.4. The van der Waals surface area contributed by atoms with E-state index >= 15 is 0 Å². The molecule has 0 fully saturated rings. The highest BCUT2D eigenvalue weighted by Crippen LogP contribution is 2.26. The van der Waals surface area contributed by atoms with Crippen molar-refractivity contribution in [2.75, 3.05) is 0 Å². The molecule has 0 N–H and O–H groups in total. The highest BCUT2D eigenvalue weighted by atomic mass is 16.6. The molecule has 1 heterocycles. The van der Waals surface area contributed by atoms with Gasteiger partial charge in [0, 0.05) is 25.0 Å². The Morgan fingerprint density at radius 2 is 1.74 bits per heavy atom. The molecule has 0 saturated carbocycles. The lowest BCUT2D eigenvalue weighted by molar-refractivity contribution is 0.00704. The number of aryl methyl sites for hydroxylation is 1. The van der Waals surface area contributed by atoms with Crippen molar-refractivity contribution in [3.8, 4) is 11.1 Å². The van der Waals surface area contributed by atoms with E-state index < -0.39 is 5.60 Å². The maximum Gasteiger partial charge on any atom is 0.340 e. The zero-order valence-corrected chi connectivity index (χ0v) is 11.8. The van der Waals surface area contributed by atoms with Crippen molar-refractivity contribution in [2.45, 2.75) is 26.4 Å². The SMILES string of the molecule is Cn1cc(C(=O)OC(C)(C)C)c(-c2ccccc2)c1. The standard InChI is InChI=1S/C16H19NO2/c1-16(2,3)19-15(18)14-11-17(4)10-13(14)12-8-6-5-7-9-12/h5-11H,1-4H3. The molecule has 3 heteroatoms. The number of aromatic nitrogens is 1. The first-order chi connectivity index (χ1) is 8.87. The summed E-state index contributed by atoms with van der Waals surface area (Å²) in [5.74, 6) is -0.285. The van der Waals surface area contributed by atoms with Crippen LogP contribution < -0.4 is 0 Å². The lowest BCUT2D eigenvalue weighted by Crippen LogP contribution is -2.24. The third kappa shape index (κ3) is 3.25. The molecule has 2 rings (SSSR count). The number of nitrogens with zero attached hydrogens (tertiary/aromatic N) is 1. The van der Waals surface area contributed by atoms with Gasteiger partial charge in [-0.05, 0) is 26.3 Å². The Labute approximate surface area is 113 Å². The monoisotopic (exact) mass is 257 g/mol. The predicted molar refractivity (Wildman–Crippen MR) is 76.0 cm³/mol. The fourth-order valence-corrected chi connectivity index (χ4v) is 1.93. The van der Waals surface area contributed by atoms with E-state index in [4.69, 9.17) is 4.74 Å². The Bertz CT molecular complexity index is 577. The van der Waals surface area contributed by atoms with Crippen LogP contribution in [0.25, 0.3) is 11.1 Å². The number of ether oxygens (including phenoxy) is 1. The first kappa shape index (κ1) is 13.4. The summed E-state index contributed by atoms with van der Waals surface area (Å²) in [6, 6.07) is 9.86. The molecule has 19 heavy (non-hydrogen) atoms. The summed E-state index contributed by atoms with van der Waals surface area (Å²) in [6.07, 6.45) is 3.74. The van der Waals surface area contributed by atoms with Crippen molar-refractivity contribution >= 4 is 5.97 Å². The van der Waals surface area contributed by atoms with E-state index in [9.17, 15) is 4.79 Å². The van der Waals surface area contributed by atoms with Gasteiger partial charge in [0.05, 0.1) is 5.56 Å². The first-order valence-corrected chi connectivity index (χ1v) is 6.31. The van der Waals surface area contributed by atoms with E-state index in [-0.39, 0.29) is 5.97 Å². The van der Waals surface area contributed by atoms with Crippen LogP contribution in [-0.4, -0.2) is 16.1 Å². The second-order valence-corrected chi connectivity index (χ2v) is 5.62. The van der Waals surface area contributed by atoms with Gasteiger partial charge in [0.15, 0.2) is 0 Å². The molecular weight excluding hydrogens is 238 g/mol. The summed E-state index contributed by atoms with van der Waals surface area (Å²) < 4.78 is 7.32. The first-order valence-electron chi connectivity index (χ1n) is 6.31. The molecule has 0 aliphatic carbocycles. The minimum atomic E-state index is -0.485. The van der Waals surface area contributed by atoms with E-state index in [0.717, 1.165) is 11.1 Å². The lowest BCUT2D eigenvalue weighted by Gasteiger charge is -2.19. The van der Waals surface area contributed by atoms with Crippen LogP contribution in [0, 0.1) is 0 Å². The molecule has 100 valence electrons. The molecule has 0 aliphatic rings. The minimum absolute atomic E-state index is 0.285. The predicted octanol–water partition coefficient (Wildman–Crippen LogP) is 3.65. The van der Waals surface area contributed by atoms with Crippen LogP contribution in [0.2, 0.25) is 0 Å². The van der Waals surface area contributed by atoms with Gasteiger partial charge in [0.1, 0.15) is 5.60 Å². The molecule has 1 aromatic carbocycles. The van der Waals surface area contributed by atoms with Gasteiger partial charge in [0.2, 0.25) is 0 Å². The van der Waals surface area contributed by atoms with Gasteiger partial charge in [0.25, 0.3) is 0 Å². The molecule has 1 aromatic heterocycles. The number of hydrogen-bond acceptors (Lipinski definition) is 2. The van der Waals surface area contributed by atoms with Gasteiger partial charge in [-0.2, -0.15) is 0 Å². The molecule has 0 spiro atoms. The molecule has 0 aliphatic heterocycles. The van der Waals surface area contributed by atoms with Gasteiger partial charge in [-0.1, -0.05) is 30.3 Å². The Morgan fingerprint density at radius 1 is 1.11 bits per heavy atom. The fraction of sp³-hybridized carbons (Fsp3) is 0.312. The zero-order valence-electron chi connectivity index (χ0n) is 11.8. The number of benzene rings is 1. The zero-order chi connectivity index (χ0) is 14.0. The summed E-state index contributed by atoms with van der Waals surface area (Å²) in [4.78, 5) is 12.2. The molecule has 0 radical (unpaired) electrons. The van der Waals surface area contributed by atoms with Gasteiger partial charge in [-0.3, -0.25) is 0 Å². The quantitative estimate of drug-likeness (QED) is 0.769. The number of esters is 1. The van der Waals surface area contributed by atoms with E-state index in [2.05, 4.69) is 0 Å². The van der Waals surface area contributed by atoms with E-state index in [0.29, 0.717) is 5.56 Å². The highest BCUT2D eigenvalue weighted by Gasteiger charge is 2.22. The minimum Gasteiger partial charge on any atom is -0.456 e. The Balaban J connectivity index is 2.40. The molecule has 0 bridgehead atoms. The summed E-state index contributed by atoms with van der Waals surface area (Å²) >= 11 is 0. The molecule has 0 atom stereocenters. The van der Waals surface area contributed by atoms with Crippen LogP contribution in [0.3, 0.4) is 0 Å². The number of carbonyl (C=O) groups excluding carboxylic acids is 1. The fourth-order valence-electron chi connectivity index (χ4n) is 1.93. The summed E-state index contributed by atoms with van der Waals surface area (Å²) in [7, 11) is 1.90. The van der Waals surface area contributed by atoms with Crippen molar-refractivity contribution in [3.05, 3.63) is 48.3 Å². The second kappa shape index (κ2) is 4.92. The third-order valence-electron chi connectivity index (χ3n) is 2.66. The summed E-state index contributed by atoms with van der Waals surface area (Å²) in [6.45, 7) is 5.61. The summed E-state index contributed by atoms with van der Waals surface area (Å²) in [5, 5.41) is 0. The third-order valence-corrected chi connectivity index (χ3v) is 2.66. The summed E-state index contributed by atoms with van der Waals surface area (Å²) in [5.41, 5.74) is 2.03. The Kier molecular flexibility index (Phi) is 3.47. The van der Waals surface area contributed by atoms with Gasteiger partial charge in [-0.25, -0.2) is 4.79 Å². The maximum absolute atomic E-state index is 12.2. The van der Waals surface area contributed by atoms with E-state index in [1.165, 1.54) is 0 Å². The highest BCUT2D eigenvalue weighted by molar-refractivity contribution is 5.97. The topological polar surface area (TPSA) is 31.2 Å². The molecule has 0 amide bonds. The van der Waals surface area contributed by atoms with E-state index in [1.54, 1.807) is 6.20 Å². The van der Waals surface area contributed by atoms with Crippen LogP contribution in [0.4, 0.5) is 0 Å². The number of rotatable bonds is 2. The van der Waals surface area contributed by atoms with Crippen molar-refractivity contribution in [2.24, 2.45) is 7.05 Å². The van der Waals surface area contributed by atoms with Gasteiger partial charge >= 0.3 is 5.97 Å². The van der Waals surface area contributed by atoms with Crippen LogP contribution in [0.15, 0.2) is 42.7 Å². The van der Waals surface area contributed by atoms with Crippen molar-refractivity contribution in [3.63, 3.8) is 0 Å². The van der Waals surface area contributed by atoms with Crippen molar-refractivity contribution < 1.29 is 9.53 Å². The molecule has 0 saturated heterocycles. The van der Waals surface area contributed by atoms with Crippen molar-refractivity contribution in [1.82, 2.24) is 4.57 Å².